The maximum atomic E-state index is 5.89. The van der Waals surface area contributed by atoms with Crippen molar-refractivity contribution in [1.82, 2.24) is 0 Å². The van der Waals surface area contributed by atoms with Crippen LogP contribution in [0.4, 0.5) is 5.69 Å². The number of aryl methyl sites for hydroxylation is 1. The van der Waals surface area contributed by atoms with Gasteiger partial charge >= 0.3 is 0 Å². The summed E-state index contributed by atoms with van der Waals surface area (Å²) in [4.78, 5) is 4.34. The third kappa shape index (κ3) is 5.41. The summed E-state index contributed by atoms with van der Waals surface area (Å²) in [6, 6.07) is 15.9. The zero-order chi connectivity index (χ0) is 15.8. The van der Waals surface area contributed by atoms with E-state index < -0.39 is 0 Å². The average Bonchev–Trinajstić information content (AvgIpc) is 2.52. The molecule has 0 aliphatic rings. The SMILES string of the molecule is COc1cccc(NC(N)=NCCCc2cccc(Br)c2)c1. The second-order valence-electron chi connectivity index (χ2n) is 4.86. The molecular weight excluding hydrogens is 342 g/mol. The molecule has 0 bridgehead atoms. The Morgan fingerprint density at radius 3 is 2.82 bits per heavy atom. The summed E-state index contributed by atoms with van der Waals surface area (Å²) in [6.07, 6.45) is 1.94. The number of ether oxygens (including phenoxy) is 1. The highest BCUT2D eigenvalue weighted by Crippen LogP contribution is 2.16. The Morgan fingerprint density at radius 1 is 1.23 bits per heavy atom. The van der Waals surface area contributed by atoms with Gasteiger partial charge in [0.25, 0.3) is 0 Å². The highest BCUT2D eigenvalue weighted by Gasteiger charge is 1.98. The molecule has 116 valence electrons. The lowest BCUT2D eigenvalue weighted by Gasteiger charge is -2.07. The van der Waals surface area contributed by atoms with Gasteiger partial charge in [-0.3, -0.25) is 4.99 Å². The van der Waals surface area contributed by atoms with E-state index in [4.69, 9.17) is 10.5 Å². The monoisotopic (exact) mass is 361 g/mol. The number of benzene rings is 2. The molecule has 0 saturated carbocycles. The summed E-state index contributed by atoms with van der Waals surface area (Å²) in [5.74, 6) is 1.20. The van der Waals surface area contributed by atoms with E-state index in [1.54, 1.807) is 7.11 Å². The molecule has 22 heavy (non-hydrogen) atoms. The highest BCUT2D eigenvalue weighted by atomic mass is 79.9. The summed E-state index contributed by atoms with van der Waals surface area (Å²) >= 11 is 3.48. The lowest BCUT2D eigenvalue weighted by atomic mass is 10.1. The van der Waals surface area contributed by atoms with Gasteiger partial charge in [0.15, 0.2) is 5.96 Å². The first kappa shape index (κ1) is 16.4. The van der Waals surface area contributed by atoms with Crippen LogP contribution in [0, 0.1) is 0 Å². The van der Waals surface area contributed by atoms with E-state index in [-0.39, 0.29) is 0 Å². The predicted molar refractivity (Wildman–Crippen MR) is 95.6 cm³/mol. The van der Waals surface area contributed by atoms with Crippen molar-refractivity contribution in [2.75, 3.05) is 19.0 Å². The van der Waals surface area contributed by atoms with Crippen LogP contribution < -0.4 is 15.8 Å². The van der Waals surface area contributed by atoms with Crippen molar-refractivity contribution < 1.29 is 4.74 Å². The molecular formula is C17H20BrN3O. The molecule has 0 aromatic heterocycles. The quantitative estimate of drug-likeness (QED) is 0.467. The van der Waals surface area contributed by atoms with Crippen LogP contribution in [0.2, 0.25) is 0 Å². The molecule has 0 fully saturated rings. The summed E-state index contributed by atoms with van der Waals surface area (Å²) in [5, 5.41) is 3.06. The van der Waals surface area contributed by atoms with Crippen LogP contribution in [0.15, 0.2) is 58.0 Å². The van der Waals surface area contributed by atoms with E-state index in [1.807, 2.05) is 36.4 Å². The third-order valence-corrected chi connectivity index (χ3v) is 3.63. The normalized spacial score (nSPS) is 11.3. The fourth-order valence-corrected chi connectivity index (χ4v) is 2.51. The van der Waals surface area contributed by atoms with Crippen LogP contribution in [0.1, 0.15) is 12.0 Å². The van der Waals surface area contributed by atoms with E-state index in [9.17, 15) is 0 Å². The molecule has 0 heterocycles. The van der Waals surface area contributed by atoms with E-state index in [0.717, 1.165) is 28.8 Å². The van der Waals surface area contributed by atoms with Crippen LogP contribution in [-0.4, -0.2) is 19.6 Å². The first-order chi connectivity index (χ1) is 10.7. The van der Waals surface area contributed by atoms with E-state index in [2.05, 4.69) is 38.4 Å². The molecule has 0 aliphatic heterocycles. The van der Waals surface area contributed by atoms with Gasteiger partial charge in [0.1, 0.15) is 5.75 Å². The van der Waals surface area contributed by atoms with Gasteiger partial charge < -0.3 is 15.8 Å². The van der Waals surface area contributed by atoms with Gasteiger partial charge in [-0.2, -0.15) is 0 Å². The molecule has 2 aromatic rings. The van der Waals surface area contributed by atoms with Crippen LogP contribution >= 0.6 is 15.9 Å². The van der Waals surface area contributed by atoms with Gasteiger partial charge in [0.2, 0.25) is 0 Å². The average molecular weight is 362 g/mol. The molecule has 5 heteroatoms. The molecule has 2 aromatic carbocycles. The molecule has 3 N–H and O–H groups in total. The van der Waals surface area contributed by atoms with Crippen molar-refractivity contribution >= 4 is 27.6 Å². The Hall–Kier alpha value is -2.01. The van der Waals surface area contributed by atoms with Gasteiger partial charge in [0, 0.05) is 22.8 Å². The molecule has 0 atom stereocenters. The number of hydrogen-bond acceptors (Lipinski definition) is 2. The number of anilines is 1. The standard InChI is InChI=1S/C17H20BrN3O/c1-22-16-9-3-8-15(12-16)21-17(19)20-10-4-6-13-5-2-7-14(18)11-13/h2-3,5,7-9,11-12H,4,6,10H2,1H3,(H3,19,20,21). The first-order valence-electron chi connectivity index (χ1n) is 7.13. The van der Waals surface area contributed by atoms with Crippen molar-refractivity contribution in [3.05, 3.63) is 58.6 Å². The number of nitrogens with one attached hydrogen (secondary N) is 1. The Bertz CT molecular complexity index is 643. The number of methoxy groups -OCH3 is 1. The van der Waals surface area contributed by atoms with Crippen molar-refractivity contribution in [3.63, 3.8) is 0 Å². The van der Waals surface area contributed by atoms with Gasteiger partial charge in [0.05, 0.1) is 7.11 Å². The molecule has 0 saturated heterocycles. The molecule has 0 unspecified atom stereocenters. The fraction of sp³-hybridized carbons (Fsp3) is 0.235. The van der Waals surface area contributed by atoms with Gasteiger partial charge in [-0.15, -0.1) is 0 Å². The maximum Gasteiger partial charge on any atom is 0.193 e. The summed E-state index contributed by atoms with van der Waals surface area (Å²) in [6.45, 7) is 0.690. The number of hydrogen-bond donors (Lipinski definition) is 2. The number of rotatable bonds is 6. The Kier molecular flexibility index (Phi) is 6.27. The maximum absolute atomic E-state index is 5.89. The topological polar surface area (TPSA) is 59.6 Å². The van der Waals surface area contributed by atoms with Crippen LogP contribution in [-0.2, 0) is 6.42 Å². The fourth-order valence-electron chi connectivity index (χ4n) is 2.06. The Morgan fingerprint density at radius 2 is 2.05 bits per heavy atom. The molecule has 0 aliphatic carbocycles. The Balaban J connectivity index is 1.80. The third-order valence-electron chi connectivity index (χ3n) is 3.14. The second-order valence-corrected chi connectivity index (χ2v) is 5.77. The first-order valence-corrected chi connectivity index (χ1v) is 7.92. The molecule has 0 spiro atoms. The van der Waals surface area contributed by atoms with Crippen LogP contribution in [0.25, 0.3) is 0 Å². The predicted octanol–water partition coefficient (Wildman–Crippen LogP) is 3.82. The van der Waals surface area contributed by atoms with Gasteiger partial charge in [-0.1, -0.05) is 34.1 Å². The smallest absolute Gasteiger partial charge is 0.193 e. The Labute approximate surface area is 139 Å². The van der Waals surface area contributed by atoms with E-state index in [0.29, 0.717) is 12.5 Å². The zero-order valence-electron chi connectivity index (χ0n) is 12.6. The minimum absolute atomic E-state index is 0.419. The number of aliphatic imine (C=N–C) groups is 1. The minimum atomic E-state index is 0.419. The minimum Gasteiger partial charge on any atom is -0.497 e. The number of halogens is 1. The zero-order valence-corrected chi connectivity index (χ0v) is 14.1. The van der Waals surface area contributed by atoms with E-state index >= 15 is 0 Å². The number of nitrogens with zero attached hydrogens (tertiary/aromatic N) is 1. The summed E-state index contributed by atoms with van der Waals surface area (Å²) < 4.78 is 6.27. The van der Waals surface area contributed by atoms with Gasteiger partial charge in [-0.05, 0) is 42.7 Å². The van der Waals surface area contributed by atoms with Crippen LogP contribution in [0.3, 0.4) is 0 Å². The molecule has 0 radical (unpaired) electrons. The lowest BCUT2D eigenvalue weighted by Crippen LogP contribution is -2.22. The van der Waals surface area contributed by atoms with Crippen molar-refractivity contribution in [3.8, 4) is 5.75 Å². The molecule has 2 rings (SSSR count). The largest absolute Gasteiger partial charge is 0.497 e. The highest BCUT2D eigenvalue weighted by molar-refractivity contribution is 9.10. The molecule has 4 nitrogen and oxygen atoms in total. The van der Waals surface area contributed by atoms with Crippen molar-refractivity contribution in [2.24, 2.45) is 10.7 Å². The number of guanidine groups is 1. The van der Waals surface area contributed by atoms with Crippen molar-refractivity contribution in [2.45, 2.75) is 12.8 Å². The lowest BCUT2D eigenvalue weighted by molar-refractivity contribution is 0.415. The summed E-state index contributed by atoms with van der Waals surface area (Å²) in [7, 11) is 1.64. The van der Waals surface area contributed by atoms with E-state index in [1.165, 1.54) is 5.56 Å². The van der Waals surface area contributed by atoms with Crippen molar-refractivity contribution in [1.29, 1.82) is 0 Å². The van der Waals surface area contributed by atoms with Crippen LogP contribution in [0.5, 0.6) is 5.75 Å². The molecule has 0 amide bonds. The summed E-state index contributed by atoms with van der Waals surface area (Å²) in [5.41, 5.74) is 8.05. The number of nitrogens with two attached hydrogens (primary N) is 1. The van der Waals surface area contributed by atoms with Gasteiger partial charge in [-0.25, -0.2) is 0 Å². The second kappa shape index (κ2) is 8.44.